The summed E-state index contributed by atoms with van der Waals surface area (Å²) in [6, 6.07) is 9.52. The van der Waals surface area contributed by atoms with Crippen LogP contribution in [0.2, 0.25) is 0 Å². The first-order chi connectivity index (χ1) is 17.5. The van der Waals surface area contributed by atoms with Gasteiger partial charge in [0, 0.05) is 38.9 Å². The average Bonchev–Trinajstić information content (AvgIpc) is 2.89. The maximum atomic E-state index is 11.9. The lowest BCUT2D eigenvalue weighted by Crippen LogP contribution is -2.26. The highest BCUT2D eigenvalue weighted by atomic mass is 16.5. The Labute approximate surface area is 215 Å². The first kappa shape index (κ1) is 30.9. The molecule has 9 nitrogen and oxygen atoms in total. The van der Waals surface area contributed by atoms with Crippen LogP contribution in [0.15, 0.2) is 30.3 Å². The molecule has 0 aromatic heterocycles. The number of carbonyl (C=O) groups is 4. The van der Waals surface area contributed by atoms with Crippen molar-refractivity contribution in [3.8, 4) is 0 Å². The SMILES string of the molecule is COC(=O)CCCCCNC(=O)CCCCCNC(=O)CCCCCNC(=O)OCc1ccccc1. The van der Waals surface area contributed by atoms with E-state index in [0.717, 1.165) is 63.4 Å². The van der Waals surface area contributed by atoms with E-state index < -0.39 is 6.09 Å². The molecule has 0 aliphatic rings. The minimum Gasteiger partial charge on any atom is -0.469 e. The lowest BCUT2D eigenvalue weighted by molar-refractivity contribution is -0.140. The Balaban J connectivity index is 1.85. The fourth-order valence-corrected chi connectivity index (χ4v) is 3.44. The Kier molecular flexibility index (Phi) is 18.2. The topological polar surface area (TPSA) is 123 Å². The number of hydrogen-bond donors (Lipinski definition) is 3. The molecule has 0 atom stereocenters. The van der Waals surface area contributed by atoms with E-state index >= 15 is 0 Å². The summed E-state index contributed by atoms with van der Waals surface area (Å²) in [5, 5.41) is 8.53. The maximum absolute atomic E-state index is 11.9. The standard InChI is InChI=1S/C27H43N3O6/c1-35-26(33)18-10-5-12-20-29-24(31)16-8-3-11-19-28-25(32)17-9-4-13-21-30-27(34)36-22-23-14-6-2-7-15-23/h2,6-7,14-15H,3-5,8-13,16-22H2,1H3,(H,28,32)(H,29,31)(H,30,34). The molecule has 1 aromatic carbocycles. The molecule has 1 aromatic rings. The molecule has 3 N–H and O–H groups in total. The summed E-state index contributed by atoms with van der Waals surface area (Å²) in [5.41, 5.74) is 0.945. The Morgan fingerprint density at radius 1 is 0.639 bits per heavy atom. The zero-order chi connectivity index (χ0) is 26.3. The van der Waals surface area contributed by atoms with Crippen LogP contribution in [0.4, 0.5) is 4.79 Å². The van der Waals surface area contributed by atoms with E-state index in [2.05, 4.69) is 20.7 Å². The third kappa shape index (κ3) is 18.3. The van der Waals surface area contributed by atoms with Crippen molar-refractivity contribution in [3.63, 3.8) is 0 Å². The van der Waals surface area contributed by atoms with Gasteiger partial charge in [-0.15, -0.1) is 0 Å². The van der Waals surface area contributed by atoms with E-state index in [0.29, 0.717) is 38.9 Å². The molecule has 0 saturated carbocycles. The largest absolute Gasteiger partial charge is 0.469 e. The third-order valence-electron chi connectivity index (χ3n) is 5.57. The molecule has 0 fully saturated rings. The Hall–Kier alpha value is -3.10. The molecule has 0 bridgehead atoms. The van der Waals surface area contributed by atoms with E-state index in [1.807, 2.05) is 30.3 Å². The summed E-state index contributed by atoms with van der Waals surface area (Å²) in [6.45, 7) is 2.03. The predicted octanol–water partition coefficient (Wildman–Crippen LogP) is 4.00. The van der Waals surface area contributed by atoms with E-state index in [-0.39, 0.29) is 24.4 Å². The van der Waals surface area contributed by atoms with Gasteiger partial charge in [0.2, 0.25) is 11.8 Å². The van der Waals surface area contributed by atoms with Crippen molar-refractivity contribution in [2.75, 3.05) is 26.7 Å². The Bertz CT molecular complexity index is 757. The van der Waals surface area contributed by atoms with E-state index in [4.69, 9.17) is 4.74 Å². The summed E-state index contributed by atoms with van der Waals surface area (Å²) in [5.74, 6) is -0.111. The van der Waals surface area contributed by atoms with Gasteiger partial charge in [0.25, 0.3) is 0 Å². The summed E-state index contributed by atoms with van der Waals surface area (Å²) in [6.07, 6.45) is 8.43. The zero-order valence-corrected chi connectivity index (χ0v) is 21.6. The number of ether oxygens (including phenoxy) is 2. The number of alkyl carbamates (subject to hydrolysis) is 1. The fourth-order valence-electron chi connectivity index (χ4n) is 3.44. The second-order valence-corrected chi connectivity index (χ2v) is 8.70. The Morgan fingerprint density at radius 3 is 1.67 bits per heavy atom. The normalized spacial score (nSPS) is 10.4. The number of hydrogen-bond acceptors (Lipinski definition) is 6. The van der Waals surface area contributed by atoms with Crippen molar-refractivity contribution in [1.82, 2.24) is 16.0 Å². The van der Waals surface area contributed by atoms with Crippen LogP contribution in [-0.4, -0.2) is 50.6 Å². The van der Waals surface area contributed by atoms with Gasteiger partial charge in [-0.1, -0.05) is 49.6 Å². The van der Waals surface area contributed by atoms with Gasteiger partial charge in [-0.25, -0.2) is 4.79 Å². The molecule has 36 heavy (non-hydrogen) atoms. The molecule has 0 saturated heterocycles. The number of amides is 3. The van der Waals surface area contributed by atoms with Gasteiger partial charge in [-0.2, -0.15) is 0 Å². The van der Waals surface area contributed by atoms with Crippen molar-refractivity contribution >= 4 is 23.9 Å². The highest BCUT2D eigenvalue weighted by Crippen LogP contribution is 2.04. The molecule has 1 rings (SSSR count). The maximum Gasteiger partial charge on any atom is 0.407 e. The van der Waals surface area contributed by atoms with Crippen LogP contribution >= 0.6 is 0 Å². The van der Waals surface area contributed by atoms with Gasteiger partial charge in [-0.3, -0.25) is 14.4 Å². The number of methoxy groups -OCH3 is 1. The van der Waals surface area contributed by atoms with Crippen LogP contribution in [0.25, 0.3) is 0 Å². The van der Waals surface area contributed by atoms with Crippen LogP contribution in [0.5, 0.6) is 0 Å². The summed E-state index contributed by atoms with van der Waals surface area (Å²) in [7, 11) is 1.38. The number of unbranched alkanes of at least 4 members (excludes halogenated alkanes) is 6. The number of carbonyl (C=O) groups excluding carboxylic acids is 4. The monoisotopic (exact) mass is 505 g/mol. The van der Waals surface area contributed by atoms with Crippen molar-refractivity contribution in [1.29, 1.82) is 0 Å². The smallest absolute Gasteiger partial charge is 0.407 e. The Morgan fingerprint density at radius 2 is 1.14 bits per heavy atom. The second-order valence-electron chi connectivity index (χ2n) is 8.70. The van der Waals surface area contributed by atoms with Crippen molar-refractivity contribution in [2.24, 2.45) is 0 Å². The van der Waals surface area contributed by atoms with E-state index in [1.54, 1.807) is 0 Å². The van der Waals surface area contributed by atoms with Crippen LogP contribution in [-0.2, 0) is 30.5 Å². The molecule has 0 radical (unpaired) electrons. The van der Waals surface area contributed by atoms with Crippen molar-refractivity contribution < 1.29 is 28.7 Å². The van der Waals surface area contributed by atoms with Gasteiger partial charge in [0.1, 0.15) is 6.61 Å². The molecule has 0 spiro atoms. The second kappa shape index (κ2) is 21.2. The van der Waals surface area contributed by atoms with Gasteiger partial charge in [0.05, 0.1) is 7.11 Å². The van der Waals surface area contributed by atoms with Gasteiger partial charge in [-0.05, 0) is 44.1 Å². The molecule has 9 heteroatoms. The van der Waals surface area contributed by atoms with Crippen molar-refractivity contribution in [2.45, 2.75) is 83.7 Å². The molecule has 3 amide bonds. The average molecular weight is 506 g/mol. The quantitative estimate of drug-likeness (QED) is 0.182. The predicted molar refractivity (Wildman–Crippen MR) is 138 cm³/mol. The fraction of sp³-hybridized carbons (Fsp3) is 0.630. The molecular formula is C27H43N3O6. The van der Waals surface area contributed by atoms with E-state index in [9.17, 15) is 19.2 Å². The van der Waals surface area contributed by atoms with E-state index in [1.165, 1.54) is 7.11 Å². The van der Waals surface area contributed by atoms with Gasteiger partial charge in [0.15, 0.2) is 0 Å². The van der Waals surface area contributed by atoms with Gasteiger partial charge >= 0.3 is 12.1 Å². The van der Waals surface area contributed by atoms with Crippen LogP contribution in [0, 0.1) is 0 Å². The molecular weight excluding hydrogens is 462 g/mol. The van der Waals surface area contributed by atoms with Gasteiger partial charge < -0.3 is 25.4 Å². The molecule has 0 unspecified atom stereocenters. The summed E-state index contributed by atoms with van der Waals surface area (Å²) >= 11 is 0. The number of esters is 1. The lowest BCUT2D eigenvalue weighted by atomic mass is 10.1. The zero-order valence-electron chi connectivity index (χ0n) is 21.6. The number of benzene rings is 1. The number of rotatable bonds is 20. The van der Waals surface area contributed by atoms with Crippen molar-refractivity contribution in [3.05, 3.63) is 35.9 Å². The molecule has 202 valence electrons. The molecule has 0 aliphatic carbocycles. The third-order valence-corrected chi connectivity index (χ3v) is 5.57. The van der Waals surface area contributed by atoms with Crippen LogP contribution < -0.4 is 16.0 Å². The molecule has 0 aliphatic heterocycles. The summed E-state index contributed by atoms with van der Waals surface area (Å²) < 4.78 is 9.74. The minimum absolute atomic E-state index is 0.0372. The minimum atomic E-state index is -0.429. The first-order valence-corrected chi connectivity index (χ1v) is 13.1. The van der Waals surface area contributed by atoms with Crippen LogP contribution in [0.1, 0.15) is 82.6 Å². The first-order valence-electron chi connectivity index (χ1n) is 13.1. The molecule has 0 heterocycles. The highest BCUT2D eigenvalue weighted by molar-refractivity contribution is 5.76. The van der Waals surface area contributed by atoms with Crippen LogP contribution in [0.3, 0.4) is 0 Å². The lowest BCUT2D eigenvalue weighted by Gasteiger charge is -2.08. The summed E-state index contributed by atoms with van der Waals surface area (Å²) in [4.78, 5) is 46.4. The highest BCUT2D eigenvalue weighted by Gasteiger charge is 2.05. The number of nitrogens with one attached hydrogen (secondary N) is 3.